The van der Waals surface area contributed by atoms with Crippen LogP contribution in [0, 0.1) is 0 Å². The van der Waals surface area contributed by atoms with Crippen LogP contribution in [-0.2, 0) is 0 Å². The monoisotopic (exact) mass is 294 g/mol. The van der Waals surface area contributed by atoms with Crippen molar-refractivity contribution in [2.24, 2.45) is 0 Å². The number of hydrogen-bond donors (Lipinski definition) is 3. The van der Waals surface area contributed by atoms with Gasteiger partial charge in [0.1, 0.15) is 0 Å². The lowest BCUT2D eigenvalue weighted by atomic mass is 9.98. The van der Waals surface area contributed by atoms with Crippen LogP contribution in [0.5, 0.6) is 0 Å². The zero-order valence-corrected chi connectivity index (χ0v) is 12.6. The number of likely N-dealkylation sites (tertiary alicyclic amines) is 1. The highest BCUT2D eigenvalue weighted by molar-refractivity contribution is 6.02. The molecular formula is C14H22N4O3. The van der Waals surface area contributed by atoms with Crippen molar-refractivity contribution in [1.82, 2.24) is 20.2 Å². The molecule has 0 spiro atoms. The van der Waals surface area contributed by atoms with E-state index < -0.39 is 11.9 Å². The van der Waals surface area contributed by atoms with Crippen LogP contribution < -0.4 is 5.32 Å². The number of rotatable bonds is 3. The first-order chi connectivity index (χ1) is 9.79. The number of amides is 1. The maximum absolute atomic E-state index is 12.1. The molecule has 2 rings (SSSR count). The molecule has 1 fully saturated rings. The number of imidazole rings is 1. The van der Waals surface area contributed by atoms with Crippen molar-refractivity contribution in [1.29, 1.82) is 0 Å². The molecule has 1 aliphatic heterocycles. The van der Waals surface area contributed by atoms with Gasteiger partial charge in [-0.05, 0) is 33.6 Å². The summed E-state index contributed by atoms with van der Waals surface area (Å²) in [6.07, 6.45) is 2.94. The predicted molar refractivity (Wildman–Crippen MR) is 77.4 cm³/mol. The number of H-pyrrole nitrogens is 1. The number of nitrogens with one attached hydrogen (secondary N) is 2. The molecule has 0 atom stereocenters. The minimum absolute atomic E-state index is 0.0549. The van der Waals surface area contributed by atoms with Crippen molar-refractivity contribution in [2.75, 3.05) is 13.1 Å². The van der Waals surface area contributed by atoms with Crippen molar-refractivity contribution in [3.63, 3.8) is 0 Å². The number of aromatic amines is 1. The molecule has 21 heavy (non-hydrogen) atoms. The number of hydrogen-bond acceptors (Lipinski definition) is 4. The molecule has 0 bridgehead atoms. The molecule has 1 aliphatic rings. The van der Waals surface area contributed by atoms with E-state index in [9.17, 15) is 9.59 Å². The van der Waals surface area contributed by atoms with Gasteiger partial charge in [-0.25, -0.2) is 9.78 Å². The van der Waals surface area contributed by atoms with E-state index in [0.29, 0.717) is 0 Å². The highest BCUT2D eigenvalue weighted by Gasteiger charge is 2.29. The van der Waals surface area contributed by atoms with E-state index >= 15 is 0 Å². The Morgan fingerprint density at radius 3 is 2.52 bits per heavy atom. The predicted octanol–water partition coefficient (Wildman–Crippen LogP) is 1.10. The Morgan fingerprint density at radius 1 is 1.38 bits per heavy atom. The van der Waals surface area contributed by atoms with Crippen molar-refractivity contribution in [3.8, 4) is 0 Å². The van der Waals surface area contributed by atoms with Gasteiger partial charge in [0.2, 0.25) is 0 Å². The molecule has 0 unspecified atom stereocenters. The lowest BCUT2D eigenvalue weighted by molar-refractivity contribution is 0.0680. The Bertz CT molecular complexity index is 525. The maximum atomic E-state index is 12.1. The van der Waals surface area contributed by atoms with E-state index in [4.69, 9.17) is 5.11 Å². The largest absolute Gasteiger partial charge is 0.477 e. The van der Waals surface area contributed by atoms with E-state index in [2.05, 4.69) is 41.0 Å². The summed E-state index contributed by atoms with van der Waals surface area (Å²) in [6.45, 7) is 8.36. The summed E-state index contributed by atoms with van der Waals surface area (Å²) in [5.74, 6) is -1.61. The molecule has 2 heterocycles. The molecule has 0 radical (unpaired) electrons. The Balaban J connectivity index is 1.93. The van der Waals surface area contributed by atoms with E-state index in [1.165, 1.54) is 6.33 Å². The first-order valence-corrected chi connectivity index (χ1v) is 7.11. The minimum atomic E-state index is -1.18. The van der Waals surface area contributed by atoms with E-state index in [0.717, 1.165) is 25.9 Å². The molecule has 1 aromatic heterocycles. The van der Waals surface area contributed by atoms with Crippen LogP contribution in [0.4, 0.5) is 0 Å². The number of aromatic nitrogens is 2. The summed E-state index contributed by atoms with van der Waals surface area (Å²) in [5, 5.41) is 11.9. The van der Waals surface area contributed by atoms with Crippen LogP contribution in [0.25, 0.3) is 0 Å². The number of aromatic carboxylic acids is 1. The molecular weight excluding hydrogens is 272 g/mol. The molecule has 7 nitrogen and oxygen atoms in total. The summed E-state index contributed by atoms with van der Waals surface area (Å²) in [7, 11) is 0. The lowest BCUT2D eigenvalue weighted by Gasteiger charge is -2.40. The molecule has 1 aromatic rings. The fraction of sp³-hybridized carbons (Fsp3) is 0.643. The molecule has 1 saturated heterocycles. The summed E-state index contributed by atoms with van der Waals surface area (Å²) < 4.78 is 0. The number of nitrogens with zero attached hydrogens (tertiary/aromatic N) is 2. The first-order valence-electron chi connectivity index (χ1n) is 7.11. The Kier molecular flexibility index (Phi) is 4.32. The van der Waals surface area contributed by atoms with Gasteiger partial charge in [-0.3, -0.25) is 9.69 Å². The summed E-state index contributed by atoms with van der Waals surface area (Å²) >= 11 is 0. The Hall–Kier alpha value is -1.89. The average molecular weight is 294 g/mol. The van der Waals surface area contributed by atoms with Crippen molar-refractivity contribution < 1.29 is 14.7 Å². The highest BCUT2D eigenvalue weighted by Crippen LogP contribution is 2.20. The third-order valence-electron chi connectivity index (χ3n) is 3.85. The number of carboxylic acids is 1. The Morgan fingerprint density at radius 2 is 2.00 bits per heavy atom. The van der Waals surface area contributed by atoms with Gasteiger partial charge in [0.15, 0.2) is 11.4 Å². The third-order valence-corrected chi connectivity index (χ3v) is 3.85. The van der Waals surface area contributed by atoms with Gasteiger partial charge >= 0.3 is 5.97 Å². The van der Waals surface area contributed by atoms with Gasteiger partial charge in [-0.1, -0.05) is 0 Å². The highest BCUT2D eigenvalue weighted by atomic mass is 16.4. The molecule has 116 valence electrons. The fourth-order valence-corrected chi connectivity index (χ4v) is 2.58. The zero-order chi connectivity index (χ0) is 15.6. The smallest absolute Gasteiger partial charge is 0.354 e. The van der Waals surface area contributed by atoms with Crippen molar-refractivity contribution in [2.45, 2.75) is 45.2 Å². The minimum Gasteiger partial charge on any atom is -0.477 e. The van der Waals surface area contributed by atoms with Crippen LogP contribution >= 0.6 is 0 Å². The third kappa shape index (κ3) is 3.60. The molecule has 1 amide bonds. The summed E-state index contributed by atoms with van der Waals surface area (Å²) in [5.41, 5.74) is -0.0893. The van der Waals surface area contributed by atoms with Crippen LogP contribution in [-0.4, -0.2) is 56.5 Å². The van der Waals surface area contributed by atoms with Gasteiger partial charge in [0.05, 0.1) is 6.33 Å². The second-order valence-electron chi connectivity index (χ2n) is 6.34. The number of carboxylic acid groups (broad SMARTS) is 1. The number of carbonyl (C=O) groups excluding carboxylic acids is 1. The molecule has 7 heteroatoms. The molecule has 0 aromatic carbocycles. The fourth-order valence-electron chi connectivity index (χ4n) is 2.58. The quantitative estimate of drug-likeness (QED) is 0.775. The Labute approximate surface area is 123 Å². The normalized spacial score (nSPS) is 17.7. The standard InChI is InChI=1S/C14H22N4O3/c1-14(2,3)18-6-4-9(5-7-18)17-12(19)10-11(13(20)21)16-8-15-10/h8-9H,4-7H2,1-3H3,(H,15,16)(H,17,19)(H,20,21). The lowest BCUT2D eigenvalue weighted by Crippen LogP contribution is -2.51. The van der Waals surface area contributed by atoms with E-state index in [1.54, 1.807) is 0 Å². The molecule has 0 aliphatic carbocycles. The second-order valence-corrected chi connectivity index (χ2v) is 6.34. The van der Waals surface area contributed by atoms with Gasteiger partial charge in [-0.15, -0.1) is 0 Å². The van der Waals surface area contributed by atoms with Crippen molar-refractivity contribution in [3.05, 3.63) is 17.7 Å². The average Bonchev–Trinajstić information content (AvgIpc) is 2.87. The van der Waals surface area contributed by atoms with Gasteiger partial charge in [0.25, 0.3) is 5.91 Å². The summed E-state index contributed by atoms with van der Waals surface area (Å²) in [6, 6.07) is 0.0643. The van der Waals surface area contributed by atoms with E-state index in [-0.39, 0.29) is 23.0 Å². The van der Waals surface area contributed by atoms with E-state index in [1.807, 2.05) is 0 Å². The SMILES string of the molecule is CC(C)(C)N1CCC(NC(=O)c2nc[nH]c2C(=O)O)CC1. The maximum Gasteiger partial charge on any atom is 0.354 e. The summed E-state index contributed by atoms with van der Waals surface area (Å²) in [4.78, 5) is 31.7. The zero-order valence-electron chi connectivity index (χ0n) is 12.6. The first kappa shape index (κ1) is 15.5. The molecule has 0 saturated carbocycles. The van der Waals surface area contributed by atoms with Crippen LogP contribution in [0.3, 0.4) is 0 Å². The van der Waals surface area contributed by atoms with Gasteiger partial charge in [0, 0.05) is 24.7 Å². The van der Waals surface area contributed by atoms with Gasteiger partial charge < -0.3 is 15.4 Å². The number of carbonyl (C=O) groups is 2. The van der Waals surface area contributed by atoms with Crippen LogP contribution in [0.15, 0.2) is 6.33 Å². The van der Waals surface area contributed by atoms with Crippen molar-refractivity contribution >= 4 is 11.9 Å². The van der Waals surface area contributed by atoms with Crippen LogP contribution in [0.2, 0.25) is 0 Å². The van der Waals surface area contributed by atoms with Crippen LogP contribution in [0.1, 0.15) is 54.6 Å². The number of piperidine rings is 1. The second kappa shape index (κ2) is 5.85. The molecule has 3 N–H and O–H groups in total. The van der Waals surface area contributed by atoms with Gasteiger partial charge in [-0.2, -0.15) is 0 Å². The topological polar surface area (TPSA) is 98.3 Å².